The van der Waals surface area contributed by atoms with Gasteiger partial charge in [-0.3, -0.25) is 10.5 Å². The molecule has 108 valence electrons. The van der Waals surface area contributed by atoms with E-state index >= 15 is 0 Å². The standard InChI is InChI=1S/C13H16ClFN4O/c1-3-19-13(11(20-2)7-17-19)12(18-16)9-5-4-8(14)6-10(9)15/h4-7,12,18H,3,16H2,1-2H3. The van der Waals surface area contributed by atoms with E-state index in [9.17, 15) is 4.39 Å². The SMILES string of the molecule is CCn1ncc(OC)c1C(NN)c1ccc(Cl)cc1F. The second-order valence-electron chi connectivity index (χ2n) is 4.18. The lowest BCUT2D eigenvalue weighted by atomic mass is 10.0. The molecular formula is C13H16ClFN4O. The molecule has 0 bridgehead atoms. The van der Waals surface area contributed by atoms with Gasteiger partial charge in [-0.15, -0.1) is 0 Å². The number of nitrogens with one attached hydrogen (secondary N) is 1. The summed E-state index contributed by atoms with van der Waals surface area (Å²) in [6.45, 7) is 2.55. The monoisotopic (exact) mass is 298 g/mol. The first-order valence-electron chi connectivity index (χ1n) is 6.13. The Morgan fingerprint density at radius 3 is 2.85 bits per heavy atom. The van der Waals surface area contributed by atoms with Crippen LogP contribution in [0.4, 0.5) is 4.39 Å². The van der Waals surface area contributed by atoms with Crippen molar-refractivity contribution in [2.75, 3.05) is 7.11 Å². The molecule has 2 rings (SSSR count). The van der Waals surface area contributed by atoms with E-state index in [1.807, 2.05) is 6.92 Å². The molecule has 7 heteroatoms. The van der Waals surface area contributed by atoms with Gasteiger partial charge in [-0.1, -0.05) is 17.7 Å². The number of hydrogen-bond acceptors (Lipinski definition) is 4. The highest BCUT2D eigenvalue weighted by Crippen LogP contribution is 2.31. The molecule has 1 unspecified atom stereocenters. The highest BCUT2D eigenvalue weighted by molar-refractivity contribution is 6.30. The van der Waals surface area contributed by atoms with Crippen LogP contribution in [0.5, 0.6) is 5.75 Å². The smallest absolute Gasteiger partial charge is 0.161 e. The van der Waals surface area contributed by atoms with Crippen LogP contribution >= 0.6 is 11.6 Å². The van der Waals surface area contributed by atoms with Crippen molar-refractivity contribution in [2.45, 2.75) is 19.5 Å². The lowest BCUT2D eigenvalue weighted by Crippen LogP contribution is -2.31. The Morgan fingerprint density at radius 2 is 2.30 bits per heavy atom. The van der Waals surface area contributed by atoms with Gasteiger partial charge in [0.2, 0.25) is 0 Å². The molecule has 0 aliphatic heterocycles. The van der Waals surface area contributed by atoms with Crippen LogP contribution in [-0.4, -0.2) is 16.9 Å². The van der Waals surface area contributed by atoms with Gasteiger partial charge in [-0.25, -0.2) is 9.82 Å². The number of hydrogen-bond donors (Lipinski definition) is 2. The summed E-state index contributed by atoms with van der Waals surface area (Å²) in [6, 6.07) is 3.88. The summed E-state index contributed by atoms with van der Waals surface area (Å²) in [5.41, 5.74) is 3.65. The van der Waals surface area contributed by atoms with Crippen molar-refractivity contribution in [3.63, 3.8) is 0 Å². The van der Waals surface area contributed by atoms with Crippen LogP contribution in [0.1, 0.15) is 24.2 Å². The summed E-state index contributed by atoms with van der Waals surface area (Å²) in [5.74, 6) is 5.71. The molecule has 0 radical (unpaired) electrons. The highest BCUT2D eigenvalue weighted by Gasteiger charge is 2.24. The number of methoxy groups -OCH3 is 1. The van der Waals surface area contributed by atoms with Crippen LogP contribution in [0, 0.1) is 5.82 Å². The molecule has 1 heterocycles. The van der Waals surface area contributed by atoms with E-state index in [2.05, 4.69) is 10.5 Å². The fourth-order valence-corrected chi connectivity index (χ4v) is 2.29. The Hall–Kier alpha value is -1.63. The summed E-state index contributed by atoms with van der Waals surface area (Å²) in [5, 5.41) is 4.53. The summed E-state index contributed by atoms with van der Waals surface area (Å²) < 4.78 is 21.1. The molecule has 0 amide bonds. The lowest BCUT2D eigenvalue weighted by molar-refractivity contribution is 0.398. The second-order valence-corrected chi connectivity index (χ2v) is 4.62. The number of hydrazine groups is 1. The quantitative estimate of drug-likeness (QED) is 0.656. The van der Waals surface area contributed by atoms with E-state index in [1.165, 1.54) is 13.2 Å². The Labute approximate surface area is 121 Å². The van der Waals surface area contributed by atoms with Gasteiger partial charge in [0.15, 0.2) is 5.75 Å². The predicted molar refractivity (Wildman–Crippen MR) is 75.0 cm³/mol. The summed E-state index contributed by atoms with van der Waals surface area (Å²) in [4.78, 5) is 0. The zero-order chi connectivity index (χ0) is 14.7. The topological polar surface area (TPSA) is 65.1 Å². The summed E-state index contributed by atoms with van der Waals surface area (Å²) in [7, 11) is 1.53. The van der Waals surface area contributed by atoms with Crippen molar-refractivity contribution in [2.24, 2.45) is 5.84 Å². The molecule has 20 heavy (non-hydrogen) atoms. The maximum Gasteiger partial charge on any atom is 0.161 e. The number of rotatable bonds is 5. The highest BCUT2D eigenvalue weighted by atomic mass is 35.5. The van der Waals surface area contributed by atoms with Crippen molar-refractivity contribution in [3.05, 3.63) is 46.5 Å². The molecule has 5 nitrogen and oxygen atoms in total. The third-order valence-electron chi connectivity index (χ3n) is 3.08. The molecule has 0 aliphatic rings. The van der Waals surface area contributed by atoms with Crippen molar-refractivity contribution in [3.8, 4) is 5.75 Å². The van der Waals surface area contributed by atoms with E-state index in [0.29, 0.717) is 28.6 Å². The summed E-state index contributed by atoms with van der Waals surface area (Å²) >= 11 is 5.77. The van der Waals surface area contributed by atoms with Crippen LogP contribution in [0.3, 0.4) is 0 Å². The molecule has 1 atom stereocenters. The fraction of sp³-hybridized carbons (Fsp3) is 0.308. The van der Waals surface area contributed by atoms with Crippen LogP contribution < -0.4 is 16.0 Å². The minimum Gasteiger partial charge on any atom is -0.493 e. The predicted octanol–water partition coefficient (Wildman–Crippen LogP) is 2.26. The van der Waals surface area contributed by atoms with Crippen molar-refractivity contribution in [1.82, 2.24) is 15.2 Å². The molecule has 1 aromatic heterocycles. The van der Waals surface area contributed by atoms with Crippen molar-refractivity contribution in [1.29, 1.82) is 0 Å². The maximum atomic E-state index is 14.1. The minimum atomic E-state index is -0.579. The normalized spacial score (nSPS) is 12.4. The van der Waals surface area contributed by atoms with Crippen LogP contribution in [-0.2, 0) is 6.54 Å². The maximum absolute atomic E-state index is 14.1. The van der Waals surface area contributed by atoms with Gasteiger partial charge in [0.1, 0.15) is 11.5 Å². The Bertz CT molecular complexity index is 581. The number of aryl methyl sites for hydroxylation is 1. The van der Waals surface area contributed by atoms with Crippen LogP contribution in [0.15, 0.2) is 24.4 Å². The second kappa shape index (κ2) is 6.21. The van der Waals surface area contributed by atoms with Crippen molar-refractivity contribution < 1.29 is 9.13 Å². The van der Waals surface area contributed by atoms with Gasteiger partial charge in [0, 0.05) is 17.1 Å². The number of nitrogens with zero attached hydrogens (tertiary/aromatic N) is 2. The molecule has 0 saturated carbocycles. The average Bonchev–Trinajstić information content (AvgIpc) is 2.85. The van der Waals surface area contributed by atoms with Gasteiger partial charge in [-0.05, 0) is 19.1 Å². The Kier molecular flexibility index (Phi) is 4.59. The Balaban J connectivity index is 2.54. The molecule has 0 spiro atoms. The minimum absolute atomic E-state index is 0.331. The average molecular weight is 299 g/mol. The van der Waals surface area contributed by atoms with Gasteiger partial charge >= 0.3 is 0 Å². The molecular weight excluding hydrogens is 283 g/mol. The van der Waals surface area contributed by atoms with E-state index < -0.39 is 11.9 Å². The number of ether oxygens (including phenoxy) is 1. The van der Waals surface area contributed by atoms with E-state index in [4.69, 9.17) is 22.2 Å². The molecule has 0 fully saturated rings. The summed E-state index contributed by atoms with van der Waals surface area (Å²) in [6.07, 6.45) is 1.58. The lowest BCUT2D eigenvalue weighted by Gasteiger charge is -2.19. The molecule has 3 N–H and O–H groups in total. The fourth-order valence-electron chi connectivity index (χ4n) is 2.13. The van der Waals surface area contributed by atoms with E-state index in [0.717, 1.165) is 0 Å². The van der Waals surface area contributed by atoms with Gasteiger partial charge in [0.05, 0.1) is 19.3 Å². The Morgan fingerprint density at radius 1 is 1.55 bits per heavy atom. The number of halogens is 2. The molecule has 2 aromatic rings. The van der Waals surface area contributed by atoms with Crippen LogP contribution in [0.2, 0.25) is 5.02 Å². The first kappa shape index (κ1) is 14.8. The number of nitrogens with two attached hydrogens (primary N) is 1. The number of aromatic nitrogens is 2. The van der Waals surface area contributed by atoms with E-state index in [1.54, 1.807) is 23.0 Å². The van der Waals surface area contributed by atoms with Crippen LogP contribution in [0.25, 0.3) is 0 Å². The van der Waals surface area contributed by atoms with Gasteiger partial charge in [0.25, 0.3) is 0 Å². The zero-order valence-electron chi connectivity index (χ0n) is 11.2. The molecule has 0 aliphatic carbocycles. The largest absolute Gasteiger partial charge is 0.493 e. The number of benzene rings is 1. The first-order valence-corrected chi connectivity index (χ1v) is 6.50. The van der Waals surface area contributed by atoms with Gasteiger partial charge < -0.3 is 4.74 Å². The first-order chi connectivity index (χ1) is 9.62. The van der Waals surface area contributed by atoms with E-state index in [-0.39, 0.29) is 0 Å². The third kappa shape index (κ3) is 2.63. The molecule has 0 saturated heterocycles. The van der Waals surface area contributed by atoms with Gasteiger partial charge in [-0.2, -0.15) is 5.10 Å². The van der Waals surface area contributed by atoms with Crippen molar-refractivity contribution >= 4 is 11.6 Å². The third-order valence-corrected chi connectivity index (χ3v) is 3.31. The molecule has 1 aromatic carbocycles. The zero-order valence-corrected chi connectivity index (χ0v) is 12.0.